The van der Waals surface area contributed by atoms with Gasteiger partial charge >= 0.3 is 6.18 Å². The third kappa shape index (κ3) is 4.11. The summed E-state index contributed by atoms with van der Waals surface area (Å²) in [5.41, 5.74) is 0.284. The molecule has 8 nitrogen and oxygen atoms in total. The van der Waals surface area contributed by atoms with Gasteiger partial charge in [0.25, 0.3) is 5.56 Å². The molecule has 0 spiro atoms. The third-order valence-electron chi connectivity index (χ3n) is 4.71. The van der Waals surface area contributed by atoms with Crippen LogP contribution in [0.5, 0.6) is 0 Å². The number of hydrogen-bond donors (Lipinski definition) is 1. The van der Waals surface area contributed by atoms with Crippen LogP contribution in [0.3, 0.4) is 0 Å². The van der Waals surface area contributed by atoms with E-state index in [4.69, 9.17) is 11.6 Å². The predicted molar refractivity (Wildman–Crippen MR) is 112 cm³/mol. The van der Waals surface area contributed by atoms with Gasteiger partial charge < -0.3 is 5.32 Å². The minimum atomic E-state index is -4.58. The molecule has 1 unspecified atom stereocenters. The van der Waals surface area contributed by atoms with Gasteiger partial charge in [0, 0.05) is 30.9 Å². The van der Waals surface area contributed by atoms with Crippen molar-refractivity contribution in [3.63, 3.8) is 0 Å². The lowest BCUT2D eigenvalue weighted by molar-refractivity contribution is -0.137. The monoisotopic (exact) mass is 461 g/mol. The van der Waals surface area contributed by atoms with Gasteiger partial charge in [0.05, 0.1) is 27.8 Å². The van der Waals surface area contributed by atoms with Gasteiger partial charge in [-0.15, -0.1) is 0 Å². The SMILES string of the molecule is CC(Nc1ncnc2c(Cl)cc(C(F)(F)F)cc12)c1nccnc1-c1ccc(=O)n(C)n1. The largest absolute Gasteiger partial charge is 0.416 e. The van der Waals surface area contributed by atoms with E-state index in [1.54, 1.807) is 6.92 Å². The number of rotatable bonds is 4. The lowest BCUT2D eigenvalue weighted by atomic mass is 10.1. The van der Waals surface area contributed by atoms with E-state index in [0.29, 0.717) is 17.1 Å². The van der Waals surface area contributed by atoms with Crippen molar-refractivity contribution in [1.82, 2.24) is 29.7 Å². The van der Waals surface area contributed by atoms with Crippen LogP contribution >= 0.6 is 11.6 Å². The summed E-state index contributed by atoms with van der Waals surface area (Å²) in [6.45, 7) is 1.75. The fourth-order valence-electron chi connectivity index (χ4n) is 3.17. The zero-order valence-corrected chi connectivity index (χ0v) is 17.5. The Bertz CT molecular complexity index is 1370. The molecule has 0 fully saturated rings. The number of anilines is 1. The van der Waals surface area contributed by atoms with Crippen molar-refractivity contribution in [2.45, 2.75) is 19.1 Å². The Kier molecular flexibility index (Phi) is 5.51. The molecule has 0 aliphatic carbocycles. The second-order valence-corrected chi connectivity index (χ2v) is 7.32. The average molecular weight is 462 g/mol. The normalized spacial score (nSPS) is 12.7. The number of halogens is 4. The number of hydrogen-bond acceptors (Lipinski definition) is 7. The van der Waals surface area contributed by atoms with Gasteiger partial charge in [-0.1, -0.05) is 11.6 Å². The van der Waals surface area contributed by atoms with Crippen LogP contribution in [0.1, 0.15) is 24.2 Å². The maximum atomic E-state index is 13.3. The minimum Gasteiger partial charge on any atom is -0.361 e. The van der Waals surface area contributed by atoms with Crippen LogP contribution in [0.4, 0.5) is 19.0 Å². The first-order valence-electron chi connectivity index (χ1n) is 9.29. The molecule has 164 valence electrons. The molecule has 1 atom stereocenters. The van der Waals surface area contributed by atoms with Gasteiger partial charge in [-0.3, -0.25) is 14.8 Å². The summed E-state index contributed by atoms with van der Waals surface area (Å²) in [5, 5.41) is 7.25. The highest BCUT2D eigenvalue weighted by molar-refractivity contribution is 6.35. The van der Waals surface area contributed by atoms with Gasteiger partial charge in [0.1, 0.15) is 23.5 Å². The topological polar surface area (TPSA) is 98.5 Å². The molecule has 0 aliphatic rings. The summed E-state index contributed by atoms with van der Waals surface area (Å²) in [7, 11) is 1.51. The molecule has 1 aromatic carbocycles. The Hall–Kier alpha value is -3.60. The Morgan fingerprint density at radius 2 is 1.84 bits per heavy atom. The molecule has 3 aromatic heterocycles. The smallest absolute Gasteiger partial charge is 0.361 e. The van der Waals surface area contributed by atoms with Crippen molar-refractivity contribution >= 4 is 28.3 Å². The van der Waals surface area contributed by atoms with Crippen molar-refractivity contribution < 1.29 is 13.2 Å². The van der Waals surface area contributed by atoms with E-state index in [9.17, 15) is 18.0 Å². The fourth-order valence-corrected chi connectivity index (χ4v) is 3.44. The molecule has 1 N–H and O–H groups in total. The van der Waals surface area contributed by atoms with Crippen molar-refractivity contribution in [3.05, 3.63) is 69.6 Å². The van der Waals surface area contributed by atoms with E-state index in [2.05, 4.69) is 30.4 Å². The van der Waals surface area contributed by atoms with Crippen LogP contribution in [0.15, 0.2) is 47.8 Å². The molecular weight excluding hydrogens is 447 g/mol. The molecule has 3 heterocycles. The van der Waals surface area contributed by atoms with Gasteiger partial charge in [-0.05, 0) is 25.1 Å². The molecule has 0 amide bonds. The lowest BCUT2D eigenvalue weighted by Crippen LogP contribution is -2.19. The van der Waals surface area contributed by atoms with Crippen molar-refractivity contribution in [3.8, 4) is 11.4 Å². The second kappa shape index (κ2) is 8.15. The van der Waals surface area contributed by atoms with Crippen LogP contribution in [-0.4, -0.2) is 29.7 Å². The molecule has 4 rings (SSSR count). The molecule has 0 saturated heterocycles. The van der Waals surface area contributed by atoms with Crippen LogP contribution < -0.4 is 10.9 Å². The molecule has 0 radical (unpaired) electrons. The maximum absolute atomic E-state index is 13.3. The molecule has 12 heteroatoms. The number of alkyl halides is 3. The highest BCUT2D eigenvalue weighted by atomic mass is 35.5. The van der Waals surface area contributed by atoms with Crippen LogP contribution in [-0.2, 0) is 13.2 Å². The molecular formula is C20H15ClF3N7O. The highest BCUT2D eigenvalue weighted by Crippen LogP contribution is 2.37. The Labute approximate surface area is 184 Å². The second-order valence-electron chi connectivity index (χ2n) is 6.91. The van der Waals surface area contributed by atoms with Crippen LogP contribution in [0, 0.1) is 0 Å². The minimum absolute atomic E-state index is 0.116. The van der Waals surface area contributed by atoms with E-state index in [0.717, 1.165) is 12.1 Å². The number of fused-ring (bicyclic) bond motifs is 1. The molecule has 0 aliphatic heterocycles. The first-order chi connectivity index (χ1) is 15.1. The quantitative estimate of drug-likeness (QED) is 0.490. The lowest BCUT2D eigenvalue weighted by Gasteiger charge is -2.18. The number of nitrogens with one attached hydrogen (secondary N) is 1. The van der Waals surface area contributed by atoms with Crippen molar-refractivity contribution in [2.24, 2.45) is 7.05 Å². The Morgan fingerprint density at radius 3 is 2.56 bits per heavy atom. The van der Waals surface area contributed by atoms with E-state index in [1.807, 2.05) is 0 Å². The molecule has 0 saturated carbocycles. The van der Waals surface area contributed by atoms with Crippen LogP contribution in [0.25, 0.3) is 22.3 Å². The Morgan fingerprint density at radius 1 is 1.09 bits per heavy atom. The van der Waals surface area contributed by atoms with Gasteiger partial charge in [-0.2, -0.15) is 18.3 Å². The van der Waals surface area contributed by atoms with E-state index in [-0.39, 0.29) is 27.3 Å². The fraction of sp³-hybridized carbons (Fsp3) is 0.200. The van der Waals surface area contributed by atoms with Crippen molar-refractivity contribution in [1.29, 1.82) is 0 Å². The van der Waals surface area contributed by atoms with Gasteiger partial charge in [0.15, 0.2) is 0 Å². The van der Waals surface area contributed by atoms with Gasteiger partial charge in [-0.25, -0.2) is 14.6 Å². The first kappa shape index (κ1) is 21.6. The summed E-state index contributed by atoms with van der Waals surface area (Å²) < 4.78 is 41.0. The van der Waals surface area contributed by atoms with E-state index in [1.165, 1.54) is 42.6 Å². The standard InChI is InChI=1S/C20H15ClF3N7O/c1-10(16-18(26-6-5-25-16)14-3-4-15(32)31(2)30-14)29-19-12-7-11(20(22,23)24)8-13(21)17(12)27-9-28-19/h3-10H,1-2H3,(H,27,28,29). The third-order valence-corrected chi connectivity index (χ3v) is 5.00. The first-order valence-corrected chi connectivity index (χ1v) is 9.66. The summed E-state index contributed by atoms with van der Waals surface area (Å²) in [6, 6.07) is 4.12. The molecule has 32 heavy (non-hydrogen) atoms. The zero-order chi connectivity index (χ0) is 23.0. The molecule has 0 bridgehead atoms. The van der Waals surface area contributed by atoms with Gasteiger partial charge in [0.2, 0.25) is 0 Å². The number of aromatic nitrogens is 6. The van der Waals surface area contributed by atoms with E-state index < -0.39 is 17.8 Å². The summed E-state index contributed by atoms with van der Waals surface area (Å²) in [4.78, 5) is 28.5. The van der Waals surface area contributed by atoms with Crippen LogP contribution in [0.2, 0.25) is 5.02 Å². The summed E-state index contributed by atoms with van der Waals surface area (Å²) in [6.07, 6.45) is -0.407. The number of nitrogens with zero attached hydrogens (tertiary/aromatic N) is 6. The highest BCUT2D eigenvalue weighted by Gasteiger charge is 2.32. The van der Waals surface area contributed by atoms with E-state index >= 15 is 0 Å². The maximum Gasteiger partial charge on any atom is 0.416 e. The Balaban J connectivity index is 1.77. The van der Waals surface area contributed by atoms with Crippen molar-refractivity contribution in [2.75, 3.05) is 5.32 Å². The number of benzene rings is 1. The average Bonchev–Trinajstić information content (AvgIpc) is 2.75. The summed E-state index contributed by atoms with van der Waals surface area (Å²) >= 11 is 6.05. The molecule has 4 aromatic rings. The number of aryl methyl sites for hydroxylation is 1. The summed E-state index contributed by atoms with van der Waals surface area (Å²) in [5.74, 6) is 0.153. The predicted octanol–water partition coefficient (Wildman–Crippen LogP) is 4.03. The zero-order valence-electron chi connectivity index (χ0n) is 16.7.